The monoisotopic (exact) mass is 157 g/mol. The molecule has 1 N–H and O–H groups in total. The first-order chi connectivity index (χ1) is 5.41. The molecule has 1 heterocycles. The van der Waals surface area contributed by atoms with Crippen LogP contribution in [0.1, 0.15) is 6.92 Å². The smallest absolute Gasteiger partial charge is 0.293 e. The molecule has 0 atom stereocenters. The van der Waals surface area contributed by atoms with E-state index < -0.39 is 0 Å². The highest BCUT2D eigenvalue weighted by molar-refractivity contribution is 5.36. The van der Waals surface area contributed by atoms with Gasteiger partial charge in [-0.2, -0.15) is 0 Å². The van der Waals surface area contributed by atoms with Crippen LogP contribution < -0.4 is 5.48 Å². The minimum absolute atomic E-state index is 0.431. The SMILES string of the molecule is C1=CNOC=C1.CCOC=O. The summed E-state index contributed by atoms with van der Waals surface area (Å²) in [6, 6.07) is 0. The van der Waals surface area contributed by atoms with Crippen molar-refractivity contribution in [2.45, 2.75) is 6.92 Å². The van der Waals surface area contributed by atoms with Gasteiger partial charge in [0.05, 0.1) is 6.61 Å². The lowest BCUT2D eigenvalue weighted by atomic mass is 10.6. The number of ether oxygens (including phenoxy) is 1. The van der Waals surface area contributed by atoms with E-state index in [1.54, 1.807) is 25.5 Å². The van der Waals surface area contributed by atoms with E-state index in [4.69, 9.17) is 0 Å². The molecule has 0 aliphatic carbocycles. The number of hydrogen-bond acceptors (Lipinski definition) is 4. The fraction of sp³-hybridized carbons (Fsp3) is 0.286. The minimum atomic E-state index is 0.431. The van der Waals surface area contributed by atoms with Gasteiger partial charge in [0.1, 0.15) is 6.26 Å². The summed E-state index contributed by atoms with van der Waals surface area (Å²) >= 11 is 0. The van der Waals surface area contributed by atoms with Gasteiger partial charge >= 0.3 is 0 Å². The van der Waals surface area contributed by atoms with Crippen molar-refractivity contribution in [3.63, 3.8) is 0 Å². The molecule has 0 spiro atoms. The van der Waals surface area contributed by atoms with Crippen LogP contribution in [0.15, 0.2) is 24.6 Å². The third kappa shape index (κ3) is 8.55. The second-order valence-electron chi connectivity index (χ2n) is 1.47. The molecule has 0 unspecified atom stereocenters. The molecule has 0 saturated heterocycles. The van der Waals surface area contributed by atoms with E-state index in [0.29, 0.717) is 13.1 Å². The summed E-state index contributed by atoms with van der Waals surface area (Å²) in [5.74, 6) is 0. The summed E-state index contributed by atoms with van der Waals surface area (Å²) in [6.07, 6.45) is 6.93. The number of carbonyl (C=O) groups is 1. The average Bonchev–Trinajstić information content (AvgIpc) is 2.10. The van der Waals surface area contributed by atoms with Crippen LogP contribution in [-0.2, 0) is 14.4 Å². The van der Waals surface area contributed by atoms with Crippen molar-refractivity contribution < 1.29 is 14.4 Å². The second-order valence-corrected chi connectivity index (χ2v) is 1.47. The molecule has 0 radical (unpaired) electrons. The van der Waals surface area contributed by atoms with Gasteiger partial charge in [0.15, 0.2) is 0 Å². The van der Waals surface area contributed by atoms with Crippen molar-refractivity contribution in [1.29, 1.82) is 0 Å². The first-order valence-corrected chi connectivity index (χ1v) is 3.20. The van der Waals surface area contributed by atoms with E-state index in [-0.39, 0.29) is 0 Å². The summed E-state index contributed by atoms with van der Waals surface area (Å²) in [4.78, 5) is 13.7. The topological polar surface area (TPSA) is 47.6 Å². The number of rotatable bonds is 2. The summed E-state index contributed by atoms with van der Waals surface area (Å²) < 4.78 is 4.15. The largest absolute Gasteiger partial charge is 0.468 e. The van der Waals surface area contributed by atoms with Crippen LogP contribution in [0, 0.1) is 0 Å². The molecule has 62 valence electrons. The number of carbonyl (C=O) groups excluding carboxylic acids is 1. The summed E-state index contributed by atoms with van der Waals surface area (Å²) in [6.45, 7) is 2.66. The van der Waals surface area contributed by atoms with Gasteiger partial charge in [-0.3, -0.25) is 4.79 Å². The van der Waals surface area contributed by atoms with Crippen molar-refractivity contribution in [2.24, 2.45) is 0 Å². The minimum Gasteiger partial charge on any atom is -0.468 e. The molecule has 0 aromatic rings. The summed E-state index contributed by atoms with van der Waals surface area (Å²) in [5, 5.41) is 0. The molecule has 1 rings (SSSR count). The molecule has 11 heavy (non-hydrogen) atoms. The third-order valence-corrected chi connectivity index (χ3v) is 0.725. The fourth-order valence-corrected chi connectivity index (χ4v) is 0.326. The Balaban J connectivity index is 0.000000187. The molecule has 0 saturated carbocycles. The lowest BCUT2D eigenvalue weighted by Crippen LogP contribution is -2.01. The standard InChI is InChI=1S/C4H5NO.C3H6O2/c1-2-4-6-5-3-1;1-2-5-3-4/h1-5H;3H,2H2,1H3. The maximum Gasteiger partial charge on any atom is 0.293 e. The molecule has 1 aliphatic rings. The Kier molecular flexibility index (Phi) is 7.42. The van der Waals surface area contributed by atoms with Crippen molar-refractivity contribution in [2.75, 3.05) is 6.61 Å². The number of allylic oxidation sites excluding steroid dienone is 2. The zero-order valence-corrected chi connectivity index (χ0v) is 6.32. The fourth-order valence-electron chi connectivity index (χ4n) is 0.326. The molecular formula is C7H11NO3. The van der Waals surface area contributed by atoms with Crippen LogP contribution in [0.5, 0.6) is 0 Å². The molecule has 0 bridgehead atoms. The van der Waals surface area contributed by atoms with E-state index in [1.165, 1.54) is 0 Å². The highest BCUT2D eigenvalue weighted by atomic mass is 16.6. The molecule has 4 nitrogen and oxygen atoms in total. The number of nitrogens with one attached hydrogen (secondary N) is 1. The molecule has 4 heteroatoms. The van der Waals surface area contributed by atoms with Crippen molar-refractivity contribution in [3.05, 3.63) is 24.6 Å². The van der Waals surface area contributed by atoms with E-state index in [2.05, 4.69) is 15.1 Å². The Hall–Kier alpha value is -1.45. The van der Waals surface area contributed by atoms with E-state index in [0.717, 1.165) is 0 Å². The first-order valence-electron chi connectivity index (χ1n) is 3.20. The van der Waals surface area contributed by atoms with Crippen molar-refractivity contribution in [3.8, 4) is 0 Å². The molecule has 0 aromatic carbocycles. The van der Waals surface area contributed by atoms with Gasteiger partial charge in [-0.15, -0.1) is 0 Å². The predicted molar refractivity (Wildman–Crippen MR) is 40.2 cm³/mol. The first kappa shape index (κ1) is 9.55. The lowest BCUT2D eigenvalue weighted by Gasteiger charge is -1.97. The highest BCUT2D eigenvalue weighted by Gasteiger charge is 1.72. The second kappa shape index (κ2) is 8.55. The Labute approximate surface area is 65.4 Å². The van der Waals surface area contributed by atoms with Gasteiger partial charge in [0.2, 0.25) is 0 Å². The molecule has 1 aliphatic heterocycles. The summed E-state index contributed by atoms with van der Waals surface area (Å²) in [7, 11) is 0. The average molecular weight is 157 g/mol. The Morgan fingerprint density at radius 3 is 2.55 bits per heavy atom. The normalized spacial score (nSPS) is 11.7. The predicted octanol–water partition coefficient (Wildman–Crippen LogP) is 0.728. The Morgan fingerprint density at radius 1 is 1.64 bits per heavy atom. The zero-order valence-electron chi connectivity index (χ0n) is 6.32. The molecular weight excluding hydrogens is 146 g/mol. The van der Waals surface area contributed by atoms with E-state index in [9.17, 15) is 4.79 Å². The highest BCUT2D eigenvalue weighted by Crippen LogP contribution is 1.80. The van der Waals surface area contributed by atoms with Crippen LogP contribution in [0.2, 0.25) is 0 Å². The van der Waals surface area contributed by atoms with Gasteiger partial charge in [0.25, 0.3) is 6.47 Å². The summed E-state index contributed by atoms with van der Waals surface area (Å²) in [5.41, 5.74) is 2.52. The van der Waals surface area contributed by atoms with Gasteiger partial charge < -0.3 is 9.57 Å². The molecule has 0 aromatic heterocycles. The maximum atomic E-state index is 9.18. The van der Waals surface area contributed by atoms with Crippen LogP contribution in [0.25, 0.3) is 0 Å². The lowest BCUT2D eigenvalue weighted by molar-refractivity contribution is -0.128. The molecule has 0 fully saturated rings. The van der Waals surface area contributed by atoms with Crippen molar-refractivity contribution in [1.82, 2.24) is 5.48 Å². The zero-order chi connectivity index (χ0) is 8.36. The van der Waals surface area contributed by atoms with Crippen LogP contribution in [0.3, 0.4) is 0 Å². The van der Waals surface area contributed by atoms with E-state index >= 15 is 0 Å². The number of hydrogen-bond donors (Lipinski definition) is 1. The van der Waals surface area contributed by atoms with Crippen LogP contribution >= 0.6 is 0 Å². The van der Waals surface area contributed by atoms with E-state index in [1.807, 2.05) is 6.08 Å². The van der Waals surface area contributed by atoms with Gasteiger partial charge in [0, 0.05) is 6.20 Å². The maximum absolute atomic E-state index is 9.18. The van der Waals surface area contributed by atoms with Crippen LogP contribution in [0.4, 0.5) is 0 Å². The Bertz CT molecular complexity index is 131. The third-order valence-electron chi connectivity index (χ3n) is 0.725. The Morgan fingerprint density at radius 2 is 2.45 bits per heavy atom. The van der Waals surface area contributed by atoms with Gasteiger partial charge in [-0.1, -0.05) is 0 Å². The van der Waals surface area contributed by atoms with Gasteiger partial charge in [-0.05, 0) is 19.1 Å². The quantitative estimate of drug-likeness (QED) is 0.600. The van der Waals surface area contributed by atoms with Crippen LogP contribution in [-0.4, -0.2) is 13.1 Å². The van der Waals surface area contributed by atoms with Crippen molar-refractivity contribution >= 4 is 6.47 Å². The van der Waals surface area contributed by atoms with Gasteiger partial charge in [-0.25, -0.2) is 5.48 Å². The number of hydroxylamine groups is 1. The molecule has 0 amide bonds.